The number of furan rings is 1. The zero-order chi connectivity index (χ0) is 12.7. The third-order valence-corrected chi connectivity index (χ3v) is 3.10. The number of fused-ring (bicyclic) bond motifs is 3. The normalized spacial score (nSPS) is 11.7. The lowest BCUT2D eigenvalue weighted by molar-refractivity contribution is 0.388. The number of hydrogen-bond acceptors (Lipinski definition) is 3. The minimum Gasteiger partial charge on any atom is -0.508 e. The van der Waals surface area contributed by atoms with E-state index in [4.69, 9.17) is 4.42 Å². The first-order valence-electron chi connectivity index (χ1n) is 5.93. The van der Waals surface area contributed by atoms with Crippen LogP contribution in [-0.4, -0.2) is 24.1 Å². The largest absolute Gasteiger partial charge is 0.508 e. The number of benzene rings is 2. The van der Waals surface area contributed by atoms with E-state index >= 15 is 0 Å². The molecule has 3 heteroatoms. The number of para-hydroxylation sites is 1. The maximum Gasteiger partial charge on any atom is 0.136 e. The molecular weight excluding hydrogens is 226 g/mol. The van der Waals surface area contributed by atoms with Crippen LogP contribution in [0.5, 0.6) is 5.75 Å². The van der Waals surface area contributed by atoms with Gasteiger partial charge in [0.1, 0.15) is 16.9 Å². The molecule has 0 spiro atoms. The summed E-state index contributed by atoms with van der Waals surface area (Å²) in [6.07, 6.45) is 0. The van der Waals surface area contributed by atoms with Gasteiger partial charge in [0, 0.05) is 22.9 Å². The second kappa shape index (κ2) is 4.03. The third kappa shape index (κ3) is 1.64. The fraction of sp³-hybridized carbons (Fsp3) is 0.200. The second-order valence-corrected chi connectivity index (χ2v) is 4.77. The van der Waals surface area contributed by atoms with Crippen LogP contribution >= 0.6 is 0 Å². The number of aromatic hydroxyl groups is 1. The van der Waals surface area contributed by atoms with E-state index in [2.05, 4.69) is 0 Å². The predicted molar refractivity (Wildman–Crippen MR) is 72.8 cm³/mol. The van der Waals surface area contributed by atoms with E-state index in [1.807, 2.05) is 49.3 Å². The van der Waals surface area contributed by atoms with E-state index in [0.717, 1.165) is 27.5 Å². The van der Waals surface area contributed by atoms with Crippen LogP contribution in [0.25, 0.3) is 21.9 Å². The van der Waals surface area contributed by atoms with Gasteiger partial charge in [-0.15, -0.1) is 0 Å². The second-order valence-electron chi connectivity index (χ2n) is 4.77. The summed E-state index contributed by atoms with van der Waals surface area (Å²) in [5.41, 5.74) is 2.60. The molecule has 2 aromatic carbocycles. The summed E-state index contributed by atoms with van der Waals surface area (Å²) in [6, 6.07) is 11.4. The molecule has 0 saturated heterocycles. The fourth-order valence-corrected chi connectivity index (χ4v) is 2.35. The van der Waals surface area contributed by atoms with Crippen molar-refractivity contribution in [2.24, 2.45) is 0 Å². The Balaban J connectivity index is 2.40. The monoisotopic (exact) mass is 241 g/mol. The third-order valence-electron chi connectivity index (χ3n) is 3.10. The lowest BCUT2D eigenvalue weighted by Gasteiger charge is -2.12. The molecule has 0 fully saturated rings. The Bertz CT molecular complexity index is 713. The smallest absolute Gasteiger partial charge is 0.136 e. The molecule has 0 bridgehead atoms. The SMILES string of the molecule is CN(C)Cc1c(O)ccc2oc3ccccc3c12. The predicted octanol–water partition coefficient (Wildman–Crippen LogP) is 3.35. The van der Waals surface area contributed by atoms with E-state index in [0.29, 0.717) is 12.3 Å². The minimum absolute atomic E-state index is 0.322. The van der Waals surface area contributed by atoms with E-state index in [-0.39, 0.29) is 0 Å². The standard InChI is InChI=1S/C15H15NO2/c1-16(2)9-11-12(17)7-8-14-15(11)10-5-3-4-6-13(10)18-14/h3-8,17H,9H2,1-2H3. The molecule has 1 N–H and O–H groups in total. The van der Waals surface area contributed by atoms with Gasteiger partial charge in [0.25, 0.3) is 0 Å². The van der Waals surface area contributed by atoms with Crippen LogP contribution in [0.15, 0.2) is 40.8 Å². The van der Waals surface area contributed by atoms with Crippen molar-refractivity contribution < 1.29 is 9.52 Å². The Morgan fingerprint density at radius 3 is 2.61 bits per heavy atom. The van der Waals surface area contributed by atoms with Crippen LogP contribution in [0.2, 0.25) is 0 Å². The molecule has 92 valence electrons. The van der Waals surface area contributed by atoms with Crippen LogP contribution < -0.4 is 0 Å². The van der Waals surface area contributed by atoms with E-state index in [1.54, 1.807) is 6.07 Å². The van der Waals surface area contributed by atoms with Gasteiger partial charge in [0.15, 0.2) is 0 Å². The zero-order valence-corrected chi connectivity index (χ0v) is 10.5. The number of rotatable bonds is 2. The topological polar surface area (TPSA) is 36.6 Å². The lowest BCUT2D eigenvalue weighted by atomic mass is 10.0. The van der Waals surface area contributed by atoms with Gasteiger partial charge in [0.2, 0.25) is 0 Å². The van der Waals surface area contributed by atoms with Crippen LogP contribution in [0.4, 0.5) is 0 Å². The van der Waals surface area contributed by atoms with Crippen LogP contribution in [0.3, 0.4) is 0 Å². The van der Waals surface area contributed by atoms with Gasteiger partial charge < -0.3 is 14.4 Å². The van der Waals surface area contributed by atoms with Gasteiger partial charge in [0.05, 0.1) is 0 Å². The number of phenols is 1. The Morgan fingerprint density at radius 1 is 1.06 bits per heavy atom. The van der Waals surface area contributed by atoms with Gasteiger partial charge in [-0.3, -0.25) is 0 Å². The summed E-state index contributed by atoms with van der Waals surface area (Å²) in [6.45, 7) is 0.687. The minimum atomic E-state index is 0.322. The van der Waals surface area contributed by atoms with Gasteiger partial charge in [-0.05, 0) is 32.3 Å². The van der Waals surface area contributed by atoms with Gasteiger partial charge in [-0.1, -0.05) is 18.2 Å². The fourth-order valence-electron chi connectivity index (χ4n) is 2.35. The molecule has 0 aliphatic heterocycles. The van der Waals surface area contributed by atoms with Crippen molar-refractivity contribution in [3.05, 3.63) is 42.0 Å². The molecule has 1 aromatic heterocycles. The summed E-state index contributed by atoms with van der Waals surface area (Å²) in [4.78, 5) is 2.04. The van der Waals surface area contributed by atoms with Crippen LogP contribution in [0, 0.1) is 0 Å². The molecule has 3 nitrogen and oxygen atoms in total. The van der Waals surface area contributed by atoms with Crippen molar-refractivity contribution in [2.75, 3.05) is 14.1 Å². The van der Waals surface area contributed by atoms with Crippen molar-refractivity contribution in [3.63, 3.8) is 0 Å². The van der Waals surface area contributed by atoms with E-state index in [9.17, 15) is 5.11 Å². The Hall–Kier alpha value is -2.00. The highest BCUT2D eigenvalue weighted by Gasteiger charge is 2.14. The molecule has 1 heterocycles. The van der Waals surface area contributed by atoms with Gasteiger partial charge >= 0.3 is 0 Å². The highest BCUT2D eigenvalue weighted by atomic mass is 16.3. The van der Waals surface area contributed by atoms with Crippen molar-refractivity contribution in [2.45, 2.75) is 6.54 Å². The molecule has 0 radical (unpaired) electrons. The average Bonchev–Trinajstić information content (AvgIpc) is 2.71. The molecule has 0 aliphatic rings. The summed E-state index contributed by atoms with van der Waals surface area (Å²) >= 11 is 0. The van der Waals surface area contributed by atoms with Crippen molar-refractivity contribution >= 4 is 21.9 Å². The molecule has 3 aromatic rings. The van der Waals surface area contributed by atoms with Crippen molar-refractivity contribution in [1.82, 2.24) is 4.90 Å². The van der Waals surface area contributed by atoms with Crippen molar-refractivity contribution in [1.29, 1.82) is 0 Å². The molecule has 18 heavy (non-hydrogen) atoms. The summed E-state index contributed by atoms with van der Waals surface area (Å²) in [5, 5.41) is 12.1. The van der Waals surface area contributed by atoms with Gasteiger partial charge in [-0.2, -0.15) is 0 Å². The first-order chi connectivity index (χ1) is 8.66. The average molecular weight is 241 g/mol. The molecule has 0 aliphatic carbocycles. The van der Waals surface area contributed by atoms with Crippen molar-refractivity contribution in [3.8, 4) is 5.75 Å². The summed E-state index contributed by atoms with van der Waals surface area (Å²) in [7, 11) is 3.97. The Morgan fingerprint density at radius 2 is 1.83 bits per heavy atom. The first-order valence-corrected chi connectivity index (χ1v) is 5.93. The van der Waals surface area contributed by atoms with E-state index in [1.165, 1.54) is 0 Å². The first kappa shape index (κ1) is 11.1. The summed E-state index contributed by atoms with van der Waals surface area (Å²) in [5.74, 6) is 0.322. The molecular formula is C15H15NO2. The maximum atomic E-state index is 10.1. The Kier molecular flexibility index (Phi) is 2.49. The Labute approximate surface area is 105 Å². The van der Waals surface area contributed by atoms with Crippen LogP contribution in [0.1, 0.15) is 5.56 Å². The number of hydrogen-bond donors (Lipinski definition) is 1. The molecule has 0 amide bonds. The summed E-state index contributed by atoms with van der Waals surface area (Å²) < 4.78 is 5.80. The molecule has 0 unspecified atom stereocenters. The molecule has 0 saturated carbocycles. The highest BCUT2D eigenvalue weighted by molar-refractivity contribution is 6.07. The lowest BCUT2D eigenvalue weighted by Crippen LogP contribution is -2.10. The quantitative estimate of drug-likeness (QED) is 0.747. The highest BCUT2D eigenvalue weighted by Crippen LogP contribution is 2.35. The van der Waals surface area contributed by atoms with E-state index < -0.39 is 0 Å². The number of phenolic OH excluding ortho intramolecular Hbond substituents is 1. The van der Waals surface area contributed by atoms with Crippen LogP contribution in [-0.2, 0) is 6.54 Å². The maximum absolute atomic E-state index is 10.1. The number of nitrogens with zero attached hydrogens (tertiary/aromatic N) is 1. The molecule has 0 atom stereocenters. The zero-order valence-electron chi connectivity index (χ0n) is 10.5. The molecule has 3 rings (SSSR count). The van der Waals surface area contributed by atoms with Gasteiger partial charge in [-0.25, -0.2) is 0 Å².